The van der Waals surface area contributed by atoms with Crippen LogP contribution in [0.15, 0.2) is 39.7 Å². The maximum Gasteiger partial charge on any atom is 0.262 e. The lowest BCUT2D eigenvalue weighted by atomic mass is 10.2. The number of anilines is 1. The average molecular weight is 389 g/mol. The SMILES string of the molecule is Cc1cc(C)c(S(=O)(=O)Nc2cccc(Cl)c2C)cc1Br. The molecule has 0 unspecified atom stereocenters. The zero-order valence-electron chi connectivity index (χ0n) is 11.9. The van der Waals surface area contributed by atoms with Gasteiger partial charge in [0, 0.05) is 9.50 Å². The van der Waals surface area contributed by atoms with Crippen molar-refractivity contribution in [1.29, 1.82) is 0 Å². The quantitative estimate of drug-likeness (QED) is 0.818. The summed E-state index contributed by atoms with van der Waals surface area (Å²) in [5.74, 6) is 0. The largest absolute Gasteiger partial charge is 0.279 e. The monoisotopic (exact) mass is 387 g/mol. The van der Waals surface area contributed by atoms with Crippen LogP contribution in [0.25, 0.3) is 0 Å². The van der Waals surface area contributed by atoms with E-state index in [0.29, 0.717) is 21.8 Å². The van der Waals surface area contributed by atoms with Gasteiger partial charge in [0.05, 0.1) is 10.6 Å². The summed E-state index contributed by atoms with van der Waals surface area (Å²) in [4.78, 5) is 0.249. The molecule has 0 saturated carbocycles. The molecule has 0 aliphatic carbocycles. The lowest BCUT2D eigenvalue weighted by Crippen LogP contribution is -2.15. The van der Waals surface area contributed by atoms with Crippen LogP contribution in [0.5, 0.6) is 0 Å². The summed E-state index contributed by atoms with van der Waals surface area (Å²) in [6.07, 6.45) is 0. The van der Waals surface area contributed by atoms with Crippen molar-refractivity contribution >= 4 is 43.2 Å². The molecule has 0 heterocycles. The summed E-state index contributed by atoms with van der Waals surface area (Å²) in [6, 6.07) is 8.58. The van der Waals surface area contributed by atoms with Crippen LogP contribution in [-0.4, -0.2) is 8.42 Å². The molecule has 0 aliphatic heterocycles. The molecule has 0 atom stereocenters. The average Bonchev–Trinajstić information content (AvgIpc) is 2.39. The molecule has 2 aromatic carbocycles. The number of hydrogen-bond donors (Lipinski definition) is 1. The molecule has 0 saturated heterocycles. The van der Waals surface area contributed by atoms with Gasteiger partial charge in [0.15, 0.2) is 0 Å². The molecule has 2 rings (SSSR count). The van der Waals surface area contributed by atoms with E-state index < -0.39 is 10.0 Å². The smallest absolute Gasteiger partial charge is 0.262 e. The number of sulfonamides is 1. The van der Waals surface area contributed by atoms with E-state index in [1.165, 1.54) is 0 Å². The molecule has 0 amide bonds. The van der Waals surface area contributed by atoms with Crippen LogP contribution in [0.4, 0.5) is 5.69 Å². The van der Waals surface area contributed by atoms with Gasteiger partial charge in [-0.2, -0.15) is 0 Å². The van der Waals surface area contributed by atoms with Gasteiger partial charge >= 0.3 is 0 Å². The molecule has 21 heavy (non-hydrogen) atoms. The van der Waals surface area contributed by atoms with Crippen LogP contribution in [0.2, 0.25) is 5.02 Å². The lowest BCUT2D eigenvalue weighted by molar-refractivity contribution is 0.600. The molecule has 0 spiro atoms. The minimum Gasteiger partial charge on any atom is -0.279 e. The predicted octanol–water partition coefficient (Wildman–Crippen LogP) is 4.83. The summed E-state index contributed by atoms with van der Waals surface area (Å²) >= 11 is 9.39. The Labute approximate surface area is 138 Å². The van der Waals surface area contributed by atoms with Gasteiger partial charge < -0.3 is 0 Å². The Hall–Kier alpha value is -1.04. The van der Waals surface area contributed by atoms with E-state index in [4.69, 9.17) is 11.6 Å². The molecule has 0 aromatic heterocycles. The van der Waals surface area contributed by atoms with Crippen molar-refractivity contribution in [1.82, 2.24) is 0 Å². The highest BCUT2D eigenvalue weighted by Crippen LogP contribution is 2.28. The van der Waals surface area contributed by atoms with E-state index in [-0.39, 0.29) is 4.90 Å². The molecule has 6 heteroatoms. The van der Waals surface area contributed by atoms with E-state index in [2.05, 4.69) is 20.7 Å². The van der Waals surface area contributed by atoms with Crippen molar-refractivity contribution < 1.29 is 8.42 Å². The topological polar surface area (TPSA) is 46.2 Å². The molecule has 0 fully saturated rings. The zero-order chi connectivity index (χ0) is 15.8. The second-order valence-corrected chi connectivity index (χ2v) is 7.80. The van der Waals surface area contributed by atoms with Crippen LogP contribution >= 0.6 is 27.5 Å². The third-order valence-electron chi connectivity index (χ3n) is 3.26. The van der Waals surface area contributed by atoms with Crippen molar-refractivity contribution in [3.8, 4) is 0 Å². The summed E-state index contributed by atoms with van der Waals surface area (Å²) in [5, 5.41) is 0.525. The van der Waals surface area contributed by atoms with Crippen LogP contribution in [0.3, 0.4) is 0 Å². The minimum atomic E-state index is -3.66. The Kier molecular flexibility index (Phi) is 4.66. The maximum atomic E-state index is 12.6. The number of aryl methyl sites for hydroxylation is 2. The Bertz CT molecular complexity index is 804. The van der Waals surface area contributed by atoms with E-state index >= 15 is 0 Å². The van der Waals surface area contributed by atoms with Crippen LogP contribution < -0.4 is 4.72 Å². The molecule has 0 bridgehead atoms. The highest BCUT2D eigenvalue weighted by Gasteiger charge is 2.19. The Morgan fingerprint density at radius 3 is 2.43 bits per heavy atom. The fourth-order valence-electron chi connectivity index (χ4n) is 2.01. The highest BCUT2D eigenvalue weighted by atomic mass is 79.9. The molecular formula is C15H15BrClNO2S. The van der Waals surface area contributed by atoms with Crippen LogP contribution in [0, 0.1) is 20.8 Å². The molecular weight excluding hydrogens is 374 g/mol. The molecule has 1 N–H and O–H groups in total. The van der Waals surface area contributed by atoms with Gasteiger partial charge in [-0.3, -0.25) is 4.72 Å². The van der Waals surface area contributed by atoms with E-state index in [0.717, 1.165) is 10.0 Å². The lowest BCUT2D eigenvalue weighted by Gasteiger charge is -2.14. The van der Waals surface area contributed by atoms with Gasteiger partial charge in [0.2, 0.25) is 0 Å². The van der Waals surface area contributed by atoms with Crippen molar-refractivity contribution in [2.45, 2.75) is 25.7 Å². The second-order valence-electron chi connectivity index (χ2n) is 4.88. The third-order valence-corrected chi connectivity index (χ3v) is 6.03. The predicted molar refractivity (Wildman–Crippen MR) is 90.6 cm³/mol. The first kappa shape index (κ1) is 16.3. The second kappa shape index (κ2) is 5.99. The third kappa shape index (κ3) is 3.42. The number of hydrogen-bond acceptors (Lipinski definition) is 2. The van der Waals surface area contributed by atoms with Gasteiger partial charge in [-0.15, -0.1) is 0 Å². The van der Waals surface area contributed by atoms with E-state index in [9.17, 15) is 8.42 Å². The number of benzene rings is 2. The van der Waals surface area contributed by atoms with Crippen LogP contribution in [0.1, 0.15) is 16.7 Å². The molecule has 0 aliphatic rings. The molecule has 112 valence electrons. The normalized spacial score (nSPS) is 11.5. The summed E-state index contributed by atoms with van der Waals surface area (Å²) in [7, 11) is -3.66. The maximum absolute atomic E-state index is 12.6. The minimum absolute atomic E-state index is 0.249. The van der Waals surface area contributed by atoms with Gasteiger partial charge in [0.1, 0.15) is 0 Å². The molecule has 3 nitrogen and oxygen atoms in total. The first-order valence-corrected chi connectivity index (χ1v) is 8.92. The van der Waals surface area contributed by atoms with Gasteiger partial charge in [-0.25, -0.2) is 8.42 Å². The van der Waals surface area contributed by atoms with Gasteiger partial charge in [0.25, 0.3) is 10.0 Å². The number of halogens is 2. The number of rotatable bonds is 3. The van der Waals surface area contributed by atoms with Crippen molar-refractivity contribution in [3.63, 3.8) is 0 Å². The molecule has 2 aromatic rings. The fourth-order valence-corrected chi connectivity index (χ4v) is 4.06. The fraction of sp³-hybridized carbons (Fsp3) is 0.200. The van der Waals surface area contributed by atoms with Crippen molar-refractivity contribution in [3.05, 3.63) is 56.5 Å². The summed E-state index contributed by atoms with van der Waals surface area (Å²) < 4.78 is 28.5. The van der Waals surface area contributed by atoms with Crippen molar-refractivity contribution in [2.24, 2.45) is 0 Å². The highest BCUT2D eigenvalue weighted by molar-refractivity contribution is 9.10. The van der Waals surface area contributed by atoms with E-state index in [1.807, 2.05) is 13.0 Å². The Balaban J connectivity index is 2.48. The van der Waals surface area contributed by atoms with Crippen LogP contribution in [-0.2, 0) is 10.0 Å². The first-order valence-electron chi connectivity index (χ1n) is 6.27. The van der Waals surface area contributed by atoms with Gasteiger partial charge in [-0.05, 0) is 55.7 Å². The Morgan fingerprint density at radius 2 is 1.76 bits per heavy atom. The zero-order valence-corrected chi connectivity index (χ0v) is 15.0. The Morgan fingerprint density at radius 1 is 1.10 bits per heavy atom. The first-order chi connectivity index (χ1) is 9.72. The van der Waals surface area contributed by atoms with Crippen molar-refractivity contribution in [2.75, 3.05) is 4.72 Å². The van der Waals surface area contributed by atoms with Gasteiger partial charge in [-0.1, -0.05) is 39.7 Å². The molecule has 0 radical (unpaired) electrons. The van der Waals surface area contributed by atoms with E-state index in [1.54, 1.807) is 38.1 Å². The number of nitrogens with one attached hydrogen (secondary N) is 1. The summed E-state index contributed by atoms with van der Waals surface area (Å²) in [6.45, 7) is 5.47. The summed E-state index contributed by atoms with van der Waals surface area (Å²) in [5.41, 5.74) is 2.87. The standard InChI is InChI=1S/C15H15BrClNO2S/c1-9-7-10(2)15(8-12(9)16)21(19,20)18-14-6-4-5-13(17)11(14)3/h4-8,18H,1-3H3.